The molecule has 0 saturated heterocycles. The fraction of sp³-hybridized carbons (Fsp3) is 0.333. The number of hydrogen-bond donors (Lipinski definition) is 1. The molecule has 0 aliphatic heterocycles. The zero-order chi connectivity index (χ0) is 18.4. The number of hydrogen-bond acceptors (Lipinski definition) is 5. The van der Waals surface area contributed by atoms with Gasteiger partial charge in [0, 0.05) is 19.3 Å². The number of nitrogens with one attached hydrogen (secondary N) is 1. The Morgan fingerprint density at radius 1 is 1.12 bits per heavy atom. The Bertz CT molecular complexity index is 824. The molecule has 0 atom stereocenters. The minimum absolute atomic E-state index is 0.181. The number of nitrogens with zero attached hydrogens (tertiary/aromatic N) is 3. The lowest BCUT2D eigenvalue weighted by Crippen LogP contribution is -2.30. The first-order valence-corrected chi connectivity index (χ1v) is 9.66. The van der Waals surface area contributed by atoms with Gasteiger partial charge < -0.3 is 0 Å². The van der Waals surface area contributed by atoms with Gasteiger partial charge in [-0.05, 0) is 31.5 Å². The Labute approximate surface area is 149 Å². The Balaban J connectivity index is 2.12. The van der Waals surface area contributed by atoms with Crippen molar-refractivity contribution in [1.29, 1.82) is 0 Å². The van der Waals surface area contributed by atoms with E-state index in [1.54, 1.807) is 12.1 Å². The van der Waals surface area contributed by atoms with Crippen LogP contribution in [-0.2, 0) is 10.0 Å². The van der Waals surface area contributed by atoms with Crippen LogP contribution in [0.2, 0.25) is 0 Å². The molecule has 0 radical (unpaired) electrons. The van der Waals surface area contributed by atoms with Crippen LogP contribution in [0.3, 0.4) is 0 Å². The van der Waals surface area contributed by atoms with Gasteiger partial charge >= 0.3 is 0 Å². The van der Waals surface area contributed by atoms with Crippen molar-refractivity contribution in [3.05, 3.63) is 53.7 Å². The molecule has 2 rings (SSSR count). The Morgan fingerprint density at radius 2 is 1.76 bits per heavy atom. The van der Waals surface area contributed by atoms with Gasteiger partial charge in [-0.3, -0.25) is 5.43 Å². The van der Waals surface area contributed by atoms with Crippen LogP contribution in [0.25, 0.3) is 0 Å². The van der Waals surface area contributed by atoms with Crippen LogP contribution in [-0.4, -0.2) is 36.5 Å². The fourth-order valence-electron chi connectivity index (χ4n) is 2.31. The number of hydrazone groups is 1. The minimum atomic E-state index is -3.49. The number of sulfonamides is 1. The van der Waals surface area contributed by atoms with Gasteiger partial charge in [-0.25, -0.2) is 13.4 Å². The summed E-state index contributed by atoms with van der Waals surface area (Å²) in [6.45, 7) is 8.42. The van der Waals surface area contributed by atoms with Gasteiger partial charge in [0.2, 0.25) is 10.0 Å². The molecule has 25 heavy (non-hydrogen) atoms. The quantitative estimate of drug-likeness (QED) is 0.607. The fourth-order valence-corrected chi connectivity index (χ4v) is 3.72. The molecule has 7 heteroatoms. The molecule has 0 saturated carbocycles. The highest BCUT2D eigenvalue weighted by atomic mass is 32.2. The first kappa shape index (κ1) is 19.1. The maximum absolute atomic E-state index is 12.4. The predicted molar refractivity (Wildman–Crippen MR) is 101 cm³/mol. The van der Waals surface area contributed by atoms with E-state index in [1.165, 1.54) is 16.1 Å². The highest BCUT2D eigenvalue weighted by Crippen LogP contribution is 2.16. The van der Waals surface area contributed by atoms with E-state index in [2.05, 4.69) is 15.5 Å². The highest BCUT2D eigenvalue weighted by Gasteiger charge is 2.21. The summed E-state index contributed by atoms with van der Waals surface area (Å²) in [5.41, 5.74) is 5.89. The molecule has 0 spiro atoms. The number of aryl methyl sites for hydroxylation is 1. The van der Waals surface area contributed by atoms with Crippen molar-refractivity contribution >= 4 is 21.6 Å². The van der Waals surface area contributed by atoms with Crippen molar-refractivity contribution in [3.8, 4) is 0 Å². The maximum Gasteiger partial charge on any atom is 0.244 e. The average Bonchev–Trinajstić information content (AvgIpc) is 2.61. The topological polar surface area (TPSA) is 74.7 Å². The highest BCUT2D eigenvalue weighted by molar-refractivity contribution is 7.89. The average molecular weight is 360 g/mol. The van der Waals surface area contributed by atoms with Crippen LogP contribution < -0.4 is 5.43 Å². The Hall–Kier alpha value is -2.25. The molecule has 134 valence electrons. The summed E-state index contributed by atoms with van der Waals surface area (Å²) >= 11 is 0. The molecule has 1 aromatic heterocycles. The number of pyridine rings is 1. The molecule has 0 aliphatic carbocycles. The van der Waals surface area contributed by atoms with Gasteiger partial charge in [0.25, 0.3) is 0 Å². The van der Waals surface area contributed by atoms with Crippen molar-refractivity contribution < 1.29 is 8.42 Å². The molecule has 6 nitrogen and oxygen atoms in total. The molecule has 0 fully saturated rings. The summed E-state index contributed by atoms with van der Waals surface area (Å²) in [4.78, 5) is 4.33. The zero-order valence-corrected chi connectivity index (χ0v) is 15.8. The second-order valence-electron chi connectivity index (χ2n) is 5.64. The van der Waals surface area contributed by atoms with Crippen molar-refractivity contribution in [1.82, 2.24) is 9.29 Å². The third-order valence-corrected chi connectivity index (χ3v) is 5.92. The van der Waals surface area contributed by atoms with Gasteiger partial charge in [0.15, 0.2) is 0 Å². The lowest BCUT2D eigenvalue weighted by atomic mass is 10.1. The van der Waals surface area contributed by atoms with E-state index in [4.69, 9.17) is 0 Å². The van der Waals surface area contributed by atoms with Gasteiger partial charge in [0.1, 0.15) is 10.7 Å². The maximum atomic E-state index is 12.4. The number of anilines is 1. The van der Waals surface area contributed by atoms with Crippen molar-refractivity contribution in [2.45, 2.75) is 32.6 Å². The van der Waals surface area contributed by atoms with E-state index in [0.29, 0.717) is 18.9 Å². The molecule has 0 amide bonds. The van der Waals surface area contributed by atoms with E-state index >= 15 is 0 Å². The third kappa shape index (κ3) is 4.64. The van der Waals surface area contributed by atoms with Crippen molar-refractivity contribution in [2.75, 3.05) is 18.5 Å². The second kappa shape index (κ2) is 8.22. The molecule has 0 aliphatic rings. The van der Waals surface area contributed by atoms with Gasteiger partial charge in [-0.1, -0.05) is 43.7 Å². The van der Waals surface area contributed by atoms with Gasteiger partial charge in [0.05, 0.1) is 5.71 Å². The number of aromatic nitrogens is 1. The van der Waals surface area contributed by atoms with Crippen LogP contribution in [0.1, 0.15) is 31.9 Å². The predicted octanol–water partition coefficient (Wildman–Crippen LogP) is 3.26. The van der Waals surface area contributed by atoms with Crippen LogP contribution in [0, 0.1) is 6.92 Å². The zero-order valence-electron chi connectivity index (χ0n) is 15.0. The second-order valence-corrected chi connectivity index (χ2v) is 7.58. The summed E-state index contributed by atoms with van der Waals surface area (Å²) in [5.74, 6) is 0.491. The Morgan fingerprint density at radius 3 is 2.28 bits per heavy atom. The normalized spacial score (nSPS) is 12.4. The SMILES string of the molecule is CCN(CC)S(=O)(=O)c1ccc(N/N=C(\C)c2ccc(C)cc2)nc1. The minimum Gasteiger partial charge on any atom is -0.261 e. The summed E-state index contributed by atoms with van der Waals surface area (Å²) in [7, 11) is -3.49. The van der Waals surface area contributed by atoms with E-state index in [0.717, 1.165) is 11.3 Å². The Kier molecular flexibility index (Phi) is 6.27. The van der Waals surface area contributed by atoms with Crippen molar-refractivity contribution in [2.24, 2.45) is 5.10 Å². The van der Waals surface area contributed by atoms with Crippen LogP contribution in [0.4, 0.5) is 5.82 Å². The number of rotatable bonds is 7. The van der Waals surface area contributed by atoms with E-state index in [-0.39, 0.29) is 4.90 Å². The van der Waals surface area contributed by atoms with Gasteiger partial charge in [-0.2, -0.15) is 9.41 Å². The molecule has 0 unspecified atom stereocenters. The molecule has 0 bridgehead atoms. The van der Waals surface area contributed by atoms with Crippen LogP contribution >= 0.6 is 0 Å². The first-order chi connectivity index (χ1) is 11.9. The molecular weight excluding hydrogens is 336 g/mol. The lowest BCUT2D eigenvalue weighted by Gasteiger charge is -2.18. The summed E-state index contributed by atoms with van der Waals surface area (Å²) in [5, 5.41) is 4.30. The first-order valence-electron chi connectivity index (χ1n) is 8.22. The van der Waals surface area contributed by atoms with E-state index < -0.39 is 10.0 Å². The monoisotopic (exact) mass is 360 g/mol. The molecule has 1 heterocycles. The summed E-state index contributed by atoms with van der Waals surface area (Å²) in [6.07, 6.45) is 1.35. The van der Waals surface area contributed by atoms with Crippen molar-refractivity contribution in [3.63, 3.8) is 0 Å². The smallest absolute Gasteiger partial charge is 0.244 e. The molecule has 1 aromatic carbocycles. The summed E-state index contributed by atoms with van der Waals surface area (Å²) in [6, 6.07) is 11.2. The third-order valence-electron chi connectivity index (χ3n) is 3.89. The van der Waals surface area contributed by atoms with Gasteiger partial charge in [-0.15, -0.1) is 0 Å². The standard InChI is InChI=1S/C18H24N4O2S/c1-5-22(6-2)25(23,24)17-11-12-18(19-13-17)21-20-15(4)16-9-7-14(3)8-10-16/h7-13H,5-6H2,1-4H3,(H,19,21)/b20-15+. The molecule has 1 N–H and O–H groups in total. The number of benzene rings is 1. The molecular formula is C18H24N4O2S. The van der Waals surface area contributed by atoms with E-state index in [9.17, 15) is 8.42 Å². The largest absolute Gasteiger partial charge is 0.261 e. The summed E-state index contributed by atoms with van der Waals surface area (Å²) < 4.78 is 26.2. The van der Waals surface area contributed by atoms with Crippen LogP contribution in [0.15, 0.2) is 52.6 Å². The lowest BCUT2D eigenvalue weighted by molar-refractivity contribution is 0.445. The molecule has 2 aromatic rings. The van der Waals surface area contributed by atoms with E-state index in [1.807, 2.05) is 52.0 Å². The van der Waals surface area contributed by atoms with Crippen LogP contribution in [0.5, 0.6) is 0 Å².